The van der Waals surface area contributed by atoms with Gasteiger partial charge in [-0.3, -0.25) is 4.79 Å². The van der Waals surface area contributed by atoms with Gasteiger partial charge in [-0.25, -0.2) is 4.39 Å². The summed E-state index contributed by atoms with van der Waals surface area (Å²) in [6.07, 6.45) is 10.8. The number of fused-ring (bicyclic) bond motifs is 2. The zero-order valence-electron chi connectivity index (χ0n) is 32.4. The summed E-state index contributed by atoms with van der Waals surface area (Å²) in [4.78, 5) is 22.0. The van der Waals surface area contributed by atoms with Crippen LogP contribution in [0.1, 0.15) is 80.4 Å². The number of halogens is 1. The van der Waals surface area contributed by atoms with Crippen molar-refractivity contribution in [3.05, 3.63) is 120 Å². The Morgan fingerprint density at radius 1 is 1.00 bits per heavy atom. The van der Waals surface area contributed by atoms with E-state index >= 15 is 0 Å². The number of aliphatic hydroxyl groups excluding tert-OH is 2. The Balaban J connectivity index is 1.38. The summed E-state index contributed by atoms with van der Waals surface area (Å²) >= 11 is 0. The van der Waals surface area contributed by atoms with Gasteiger partial charge in [-0.1, -0.05) is 78.7 Å². The number of nitrogens with zero attached hydrogens (tertiary/aromatic N) is 2. The summed E-state index contributed by atoms with van der Waals surface area (Å²) in [5, 5.41) is 24.6. The van der Waals surface area contributed by atoms with Crippen LogP contribution in [0.25, 0.3) is 0 Å². The number of rotatable bonds is 19. The van der Waals surface area contributed by atoms with Gasteiger partial charge in [0.05, 0.1) is 18.2 Å². The first-order chi connectivity index (χ1) is 27.4. The second-order valence-corrected chi connectivity index (χ2v) is 15.6. The van der Waals surface area contributed by atoms with Crippen LogP contribution in [0.4, 0.5) is 4.39 Å². The Morgan fingerprint density at radius 3 is 2.48 bits per heavy atom. The van der Waals surface area contributed by atoms with Gasteiger partial charge in [0, 0.05) is 49.6 Å². The van der Waals surface area contributed by atoms with Gasteiger partial charge in [-0.15, -0.1) is 6.58 Å². The SMILES string of the molecule is C=CCO[C@@]12Oc3ccc(OCc4ccccc4F)cc3[C@H]3[C@H](CCCCO)[C@@H](CCCCO)C=C(C(=NOCc4ccccc4)C[C@@H]1N(C)C(=O)C1CC1)[C@H]32. The van der Waals surface area contributed by atoms with E-state index < -0.39 is 17.7 Å². The first-order valence-electron chi connectivity index (χ1n) is 20.3. The van der Waals surface area contributed by atoms with Crippen LogP contribution in [0.15, 0.2) is 102 Å². The van der Waals surface area contributed by atoms with Gasteiger partial charge in [0.1, 0.15) is 36.6 Å². The first-order valence-corrected chi connectivity index (χ1v) is 20.3. The van der Waals surface area contributed by atoms with E-state index in [4.69, 9.17) is 24.2 Å². The smallest absolute Gasteiger partial charge is 0.239 e. The number of oxime groups is 1. The molecule has 1 aliphatic heterocycles. The number of unbranched alkanes of at least 4 members (excludes halogenated alkanes) is 2. The number of benzene rings is 3. The van der Waals surface area contributed by atoms with Gasteiger partial charge in [-0.05, 0) is 85.8 Å². The van der Waals surface area contributed by atoms with Crippen LogP contribution in [-0.4, -0.2) is 65.4 Å². The maximum absolute atomic E-state index is 14.7. The number of carbonyl (C=O) groups excluding carboxylic acids is 1. The number of hydrogen-bond donors (Lipinski definition) is 2. The number of ether oxygens (including phenoxy) is 3. The molecule has 298 valence electrons. The van der Waals surface area contributed by atoms with E-state index in [2.05, 4.69) is 12.7 Å². The van der Waals surface area contributed by atoms with Crippen molar-refractivity contribution in [3.8, 4) is 11.5 Å². The normalized spacial score (nSPS) is 25.7. The lowest BCUT2D eigenvalue weighted by Gasteiger charge is -2.59. The monoisotopic (exact) mass is 766 g/mol. The van der Waals surface area contributed by atoms with Crippen molar-refractivity contribution < 1.29 is 38.4 Å². The maximum atomic E-state index is 14.7. The van der Waals surface area contributed by atoms with Crippen molar-refractivity contribution >= 4 is 11.6 Å². The fraction of sp³-hybridized carbons (Fsp3) is 0.478. The lowest BCUT2D eigenvalue weighted by Crippen LogP contribution is -2.69. The molecule has 0 bridgehead atoms. The van der Waals surface area contributed by atoms with E-state index in [1.807, 2.05) is 60.5 Å². The third-order valence-electron chi connectivity index (χ3n) is 12.0. The molecule has 2 fully saturated rings. The second kappa shape index (κ2) is 18.2. The third kappa shape index (κ3) is 8.43. The predicted molar refractivity (Wildman–Crippen MR) is 212 cm³/mol. The Kier molecular flexibility index (Phi) is 12.9. The highest BCUT2D eigenvalue weighted by molar-refractivity contribution is 6.03. The summed E-state index contributed by atoms with van der Waals surface area (Å²) in [5.41, 5.74) is 4.14. The fourth-order valence-electron chi connectivity index (χ4n) is 9.12. The number of likely N-dealkylation sites (N-methyl/N-ethyl adjacent to an activating group) is 1. The minimum Gasteiger partial charge on any atom is -0.489 e. The molecule has 4 aliphatic rings. The van der Waals surface area contributed by atoms with Crippen molar-refractivity contribution in [1.29, 1.82) is 0 Å². The van der Waals surface area contributed by atoms with Crippen LogP contribution >= 0.6 is 0 Å². The quantitative estimate of drug-likeness (QED) is 0.0721. The molecule has 10 heteroatoms. The highest BCUT2D eigenvalue weighted by atomic mass is 19.1. The molecule has 2 N–H and O–H groups in total. The van der Waals surface area contributed by atoms with Crippen molar-refractivity contribution in [3.63, 3.8) is 0 Å². The van der Waals surface area contributed by atoms with E-state index in [1.54, 1.807) is 24.3 Å². The van der Waals surface area contributed by atoms with Gasteiger partial charge in [0.2, 0.25) is 11.7 Å². The molecule has 6 atom stereocenters. The van der Waals surface area contributed by atoms with Crippen LogP contribution in [-0.2, 0) is 27.6 Å². The second-order valence-electron chi connectivity index (χ2n) is 15.6. The summed E-state index contributed by atoms with van der Waals surface area (Å²) in [5.74, 6) is -0.748. The van der Waals surface area contributed by atoms with Crippen LogP contribution in [0.3, 0.4) is 0 Å². The molecule has 0 spiro atoms. The number of amides is 1. The van der Waals surface area contributed by atoms with Gasteiger partial charge in [-0.2, -0.15) is 0 Å². The number of hydrogen-bond acceptors (Lipinski definition) is 8. The van der Waals surface area contributed by atoms with Crippen LogP contribution in [0.2, 0.25) is 0 Å². The van der Waals surface area contributed by atoms with E-state index in [9.17, 15) is 19.4 Å². The summed E-state index contributed by atoms with van der Waals surface area (Å²) in [7, 11) is 1.86. The molecule has 7 rings (SSSR count). The van der Waals surface area contributed by atoms with Crippen molar-refractivity contribution in [1.82, 2.24) is 4.90 Å². The topological polar surface area (TPSA) is 110 Å². The number of allylic oxidation sites excluding steroid dienone is 1. The highest BCUT2D eigenvalue weighted by Gasteiger charge is 2.65. The molecular formula is C46H55FN2O7. The molecule has 1 heterocycles. The third-order valence-corrected chi connectivity index (χ3v) is 12.0. The molecule has 0 aromatic heterocycles. The minimum atomic E-state index is -1.30. The van der Waals surface area contributed by atoms with Crippen LogP contribution in [0.5, 0.6) is 11.5 Å². The van der Waals surface area contributed by atoms with Crippen molar-refractivity contribution in [2.24, 2.45) is 28.8 Å². The molecule has 2 saturated carbocycles. The van der Waals surface area contributed by atoms with Gasteiger partial charge in [0.15, 0.2) is 0 Å². The molecule has 0 radical (unpaired) electrons. The molecule has 56 heavy (non-hydrogen) atoms. The molecule has 1 amide bonds. The highest BCUT2D eigenvalue weighted by Crippen LogP contribution is 2.62. The lowest BCUT2D eigenvalue weighted by atomic mass is 9.55. The van der Waals surface area contributed by atoms with E-state index in [0.717, 1.165) is 60.9 Å². The standard InChI is InChI=1S/C46H55FN2O7/c1-3-25-54-46-42(49(2)45(52)32-19-20-32)28-40(48-55-29-31-13-5-4-6-14-31)37-26-33(15-9-11-23-50)36(17-10-12-24-51)43(44(37)46)38-27-35(21-22-41(38)56-46)53-30-34-16-7-8-18-39(34)47/h3-8,13-14,16,18,21-22,26-27,32-33,36,42-44,50-51H,1,9-12,15,17,19-20,23-25,28-30H2,2H3/t33-,36+,42-,43+,44+,46+/m0/s1. The summed E-state index contributed by atoms with van der Waals surface area (Å²) < 4.78 is 35.1. The van der Waals surface area contributed by atoms with Gasteiger partial charge >= 0.3 is 0 Å². The largest absolute Gasteiger partial charge is 0.489 e. The average molecular weight is 767 g/mol. The summed E-state index contributed by atoms with van der Waals surface area (Å²) in [6, 6.07) is 21.8. The summed E-state index contributed by atoms with van der Waals surface area (Å²) in [6.45, 7) is 4.76. The van der Waals surface area contributed by atoms with Gasteiger partial charge in [0.25, 0.3) is 0 Å². The zero-order chi connectivity index (χ0) is 39.1. The molecule has 3 aromatic carbocycles. The van der Waals surface area contributed by atoms with Crippen molar-refractivity contribution in [2.45, 2.75) is 88.7 Å². The average Bonchev–Trinajstić information content (AvgIpc) is 4.07. The molecule has 0 saturated heterocycles. The number of aliphatic hydroxyl groups is 2. The number of carbonyl (C=O) groups is 1. The Bertz CT molecular complexity index is 1880. The molecule has 0 unspecified atom stereocenters. The maximum Gasteiger partial charge on any atom is 0.239 e. The van der Waals surface area contributed by atoms with Crippen LogP contribution < -0.4 is 9.47 Å². The fourth-order valence-corrected chi connectivity index (χ4v) is 9.12. The van der Waals surface area contributed by atoms with E-state index in [-0.39, 0.29) is 68.4 Å². The van der Waals surface area contributed by atoms with Crippen molar-refractivity contribution in [2.75, 3.05) is 26.9 Å². The Labute approximate surface area is 329 Å². The van der Waals surface area contributed by atoms with Gasteiger partial charge < -0.3 is 34.2 Å². The van der Waals surface area contributed by atoms with Crippen LogP contribution in [0, 0.1) is 29.5 Å². The Hall–Kier alpha value is -4.51. The predicted octanol–water partition coefficient (Wildman–Crippen LogP) is 8.11. The molecule has 3 aromatic rings. The Morgan fingerprint density at radius 2 is 1.75 bits per heavy atom. The first kappa shape index (κ1) is 39.7. The minimum absolute atomic E-state index is 0.0302. The molecule has 3 aliphatic carbocycles. The lowest BCUT2D eigenvalue weighted by molar-refractivity contribution is -0.255. The van der Waals surface area contributed by atoms with E-state index in [0.29, 0.717) is 36.3 Å². The zero-order valence-corrected chi connectivity index (χ0v) is 32.4. The molecular weight excluding hydrogens is 712 g/mol. The van der Waals surface area contributed by atoms with E-state index in [1.165, 1.54) is 6.07 Å². The molecule has 9 nitrogen and oxygen atoms in total.